The van der Waals surface area contributed by atoms with Crippen LogP contribution in [0.3, 0.4) is 0 Å². The van der Waals surface area contributed by atoms with Crippen LogP contribution < -0.4 is 4.74 Å². The van der Waals surface area contributed by atoms with Gasteiger partial charge in [-0.05, 0) is 37.1 Å². The second kappa shape index (κ2) is 11.7. The van der Waals surface area contributed by atoms with Gasteiger partial charge in [-0.15, -0.1) is 0 Å². The van der Waals surface area contributed by atoms with Gasteiger partial charge in [0, 0.05) is 50.5 Å². The Balaban J connectivity index is 1.59. The van der Waals surface area contributed by atoms with Crippen LogP contribution in [0.1, 0.15) is 48.2 Å². The first-order valence-electron chi connectivity index (χ1n) is 11.1. The Morgan fingerprint density at radius 1 is 1.00 bits per heavy atom. The van der Waals surface area contributed by atoms with Crippen LogP contribution in [-0.4, -0.2) is 55.1 Å². The molecule has 0 N–H and O–H groups in total. The molecule has 1 saturated heterocycles. The molecule has 3 rings (SSSR count). The molecule has 0 spiro atoms. The van der Waals surface area contributed by atoms with Crippen LogP contribution in [0.25, 0.3) is 0 Å². The number of benzene rings is 2. The van der Waals surface area contributed by atoms with Gasteiger partial charge in [-0.2, -0.15) is 0 Å². The number of piperazine rings is 1. The van der Waals surface area contributed by atoms with Crippen molar-refractivity contribution in [3.8, 4) is 5.75 Å². The third-order valence-electron chi connectivity index (χ3n) is 5.42. The van der Waals surface area contributed by atoms with Gasteiger partial charge in [0.15, 0.2) is 0 Å². The monoisotopic (exact) mass is 410 g/mol. The molecule has 1 aliphatic rings. The van der Waals surface area contributed by atoms with Crippen LogP contribution in [0.2, 0.25) is 0 Å². The minimum Gasteiger partial charge on any atom is -0.494 e. The number of ether oxygens (including phenoxy) is 2. The summed E-state index contributed by atoms with van der Waals surface area (Å²) in [5.74, 6) is 0.894. The molecule has 0 bridgehead atoms. The largest absolute Gasteiger partial charge is 0.494 e. The summed E-state index contributed by atoms with van der Waals surface area (Å²) in [6.07, 6.45) is 2.14. The summed E-state index contributed by atoms with van der Waals surface area (Å²) in [6, 6.07) is 16.2. The van der Waals surface area contributed by atoms with Crippen molar-refractivity contribution in [2.24, 2.45) is 0 Å². The minimum absolute atomic E-state index is 0.0900. The van der Waals surface area contributed by atoms with Gasteiger partial charge in [0.25, 0.3) is 5.91 Å². The summed E-state index contributed by atoms with van der Waals surface area (Å²) in [5.41, 5.74) is 2.97. The maximum atomic E-state index is 13.1. The Hall–Kier alpha value is -2.37. The molecule has 1 fully saturated rings. The van der Waals surface area contributed by atoms with Crippen LogP contribution in [0.5, 0.6) is 5.75 Å². The fourth-order valence-corrected chi connectivity index (χ4v) is 3.68. The van der Waals surface area contributed by atoms with E-state index in [4.69, 9.17) is 9.47 Å². The number of amides is 1. The number of unbranched alkanes of at least 4 members (excludes halogenated alkanes) is 1. The molecule has 5 nitrogen and oxygen atoms in total. The van der Waals surface area contributed by atoms with E-state index in [1.807, 2.05) is 36.1 Å². The van der Waals surface area contributed by atoms with Gasteiger partial charge in [-0.3, -0.25) is 9.69 Å². The molecule has 0 unspecified atom stereocenters. The van der Waals surface area contributed by atoms with Gasteiger partial charge in [0.2, 0.25) is 0 Å². The summed E-state index contributed by atoms with van der Waals surface area (Å²) in [4.78, 5) is 17.5. The molecule has 30 heavy (non-hydrogen) atoms. The zero-order valence-corrected chi connectivity index (χ0v) is 18.3. The summed E-state index contributed by atoms with van der Waals surface area (Å²) in [7, 11) is 0. The van der Waals surface area contributed by atoms with Crippen LogP contribution >= 0.6 is 0 Å². The van der Waals surface area contributed by atoms with Crippen LogP contribution in [0, 0.1) is 0 Å². The van der Waals surface area contributed by atoms with Gasteiger partial charge < -0.3 is 14.4 Å². The smallest absolute Gasteiger partial charge is 0.253 e. The van der Waals surface area contributed by atoms with E-state index in [0.29, 0.717) is 18.8 Å². The number of nitrogens with zero attached hydrogens (tertiary/aromatic N) is 2. The molecule has 1 aliphatic heterocycles. The van der Waals surface area contributed by atoms with Gasteiger partial charge in [-0.1, -0.05) is 43.7 Å². The van der Waals surface area contributed by atoms with E-state index in [0.717, 1.165) is 63.5 Å². The quantitative estimate of drug-likeness (QED) is 0.546. The van der Waals surface area contributed by atoms with Crippen molar-refractivity contribution >= 4 is 5.91 Å². The topological polar surface area (TPSA) is 42.0 Å². The van der Waals surface area contributed by atoms with Crippen molar-refractivity contribution in [1.29, 1.82) is 0 Å². The zero-order valence-electron chi connectivity index (χ0n) is 18.3. The molecule has 0 saturated carbocycles. The molecule has 1 heterocycles. The Labute approximate surface area is 180 Å². The lowest BCUT2D eigenvalue weighted by molar-refractivity contribution is 0.0628. The number of rotatable bonds is 10. The fraction of sp³-hybridized carbons (Fsp3) is 0.480. The van der Waals surface area contributed by atoms with Gasteiger partial charge in [-0.25, -0.2) is 0 Å². The average molecular weight is 411 g/mol. The van der Waals surface area contributed by atoms with E-state index in [2.05, 4.69) is 36.1 Å². The molecule has 162 valence electrons. The van der Waals surface area contributed by atoms with E-state index >= 15 is 0 Å². The van der Waals surface area contributed by atoms with Crippen molar-refractivity contribution in [3.63, 3.8) is 0 Å². The second-order valence-corrected chi connectivity index (χ2v) is 7.72. The highest BCUT2D eigenvalue weighted by Crippen LogP contribution is 2.23. The molecule has 0 atom stereocenters. The molecule has 2 aromatic rings. The molecular formula is C25H34N2O3. The first-order chi connectivity index (χ1) is 14.7. The van der Waals surface area contributed by atoms with Crippen LogP contribution in [0.4, 0.5) is 0 Å². The van der Waals surface area contributed by atoms with E-state index in [9.17, 15) is 4.79 Å². The number of carbonyl (C=O) groups is 1. The SMILES string of the molecule is CCCCOCc1cc(C(=O)N2CCN(Cc3ccccc3)CC2)ccc1OCC. The van der Waals surface area contributed by atoms with E-state index in [-0.39, 0.29) is 5.91 Å². The molecule has 0 radical (unpaired) electrons. The lowest BCUT2D eigenvalue weighted by atomic mass is 10.1. The van der Waals surface area contributed by atoms with Crippen LogP contribution in [0.15, 0.2) is 48.5 Å². The molecule has 5 heteroatoms. The lowest BCUT2D eigenvalue weighted by Crippen LogP contribution is -2.48. The Morgan fingerprint density at radius 2 is 1.77 bits per heavy atom. The Morgan fingerprint density at radius 3 is 2.47 bits per heavy atom. The highest BCUT2D eigenvalue weighted by molar-refractivity contribution is 5.94. The van der Waals surface area contributed by atoms with Gasteiger partial charge >= 0.3 is 0 Å². The van der Waals surface area contributed by atoms with E-state index in [1.54, 1.807) is 0 Å². The lowest BCUT2D eigenvalue weighted by Gasteiger charge is -2.35. The molecule has 0 aliphatic carbocycles. The van der Waals surface area contributed by atoms with Crippen LogP contribution in [-0.2, 0) is 17.9 Å². The average Bonchev–Trinajstić information content (AvgIpc) is 2.78. The summed E-state index contributed by atoms with van der Waals surface area (Å²) in [6.45, 7) is 10.1. The number of hydrogen-bond donors (Lipinski definition) is 0. The van der Waals surface area contributed by atoms with Crippen molar-refractivity contribution in [3.05, 3.63) is 65.2 Å². The summed E-state index contributed by atoms with van der Waals surface area (Å²) in [5, 5.41) is 0. The van der Waals surface area contributed by atoms with E-state index < -0.39 is 0 Å². The summed E-state index contributed by atoms with van der Waals surface area (Å²) >= 11 is 0. The predicted octanol–water partition coefficient (Wildman–Crippen LogP) is 4.36. The number of carbonyl (C=O) groups excluding carboxylic acids is 1. The third kappa shape index (κ3) is 6.31. The molecule has 2 aromatic carbocycles. The molecular weight excluding hydrogens is 376 g/mol. The molecule has 0 aromatic heterocycles. The van der Waals surface area contributed by atoms with Crippen molar-refractivity contribution in [2.45, 2.75) is 39.8 Å². The Kier molecular flexibility index (Phi) is 8.72. The highest BCUT2D eigenvalue weighted by Gasteiger charge is 2.23. The normalized spacial score (nSPS) is 14.7. The Bertz CT molecular complexity index is 786. The number of hydrogen-bond acceptors (Lipinski definition) is 4. The van der Waals surface area contributed by atoms with Gasteiger partial charge in [0.1, 0.15) is 5.75 Å². The van der Waals surface area contributed by atoms with Crippen molar-refractivity contribution in [2.75, 3.05) is 39.4 Å². The standard InChI is InChI=1S/C25H34N2O3/c1-3-5-17-29-20-23-18-22(11-12-24(23)30-4-2)25(28)27-15-13-26(14-16-27)19-21-9-7-6-8-10-21/h6-12,18H,3-5,13-17,19-20H2,1-2H3. The maximum absolute atomic E-state index is 13.1. The zero-order chi connectivity index (χ0) is 21.2. The highest BCUT2D eigenvalue weighted by atomic mass is 16.5. The van der Waals surface area contributed by atoms with E-state index in [1.165, 1.54) is 5.56 Å². The van der Waals surface area contributed by atoms with Crippen molar-refractivity contribution < 1.29 is 14.3 Å². The molecule has 1 amide bonds. The first-order valence-corrected chi connectivity index (χ1v) is 11.1. The minimum atomic E-state index is 0.0900. The fourth-order valence-electron chi connectivity index (χ4n) is 3.68. The summed E-state index contributed by atoms with van der Waals surface area (Å²) < 4.78 is 11.5. The van der Waals surface area contributed by atoms with Gasteiger partial charge in [0.05, 0.1) is 13.2 Å². The predicted molar refractivity (Wildman–Crippen MR) is 120 cm³/mol. The maximum Gasteiger partial charge on any atom is 0.253 e. The second-order valence-electron chi connectivity index (χ2n) is 7.72. The first kappa shape index (κ1) is 22.3. The third-order valence-corrected chi connectivity index (χ3v) is 5.42. The van der Waals surface area contributed by atoms with Crippen molar-refractivity contribution in [1.82, 2.24) is 9.80 Å².